The molecule has 0 bridgehead atoms. The number of aromatic nitrogens is 2. The molecule has 0 aliphatic rings. The molecule has 1 aromatic rings. The van der Waals surface area contributed by atoms with Gasteiger partial charge in [0.05, 0.1) is 17.5 Å². The largest absolute Gasteiger partial charge is 0.298 e. The van der Waals surface area contributed by atoms with Crippen molar-refractivity contribution in [1.29, 1.82) is 0 Å². The summed E-state index contributed by atoms with van der Waals surface area (Å²) in [5.41, 5.74) is 1.45. The Kier molecular flexibility index (Phi) is 2.58. The molecule has 0 spiro atoms. The standard InChI is InChI=1S/C9H10N2O/c1-3-4-5-11-8(2)9(7-12)6-10-11/h3-7H,1H2,2H3/b5-4-. The molecule has 0 atom stereocenters. The lowest BCUT2D eigenvalue weighted by atomic mass is 10.3. The normalized spacial score (nSPS) is 10.4. The lowest BCUT2D eigenvalue weighted by Gasteiger charge is -1.93. The third-order valence-corrected chi connectivity index (χ3v) is 1.57. The molecular weight excluding hydrogens is 152 g/mol. The second kappa shape index (κ2) is 3.67. The van der Waals surface area contributed by atoms with Gasteiger partial charge >= 0.3 is 0 Å². The minimum atomic E-state index is 0.615. The Morgan fingerprint density at radius 2 is 2.42 bits per heavy atom. The van der Waals surface area contributed by atoms with Gasteiger partial charge in [-0.1, -0.05) is 12.7 Å². The summed E-state index contributed by atoms with van der Waals surface area (Å²) in [5, 5.41) is 3.97. The summed E-state index contributed by atoms with van der Waals surface area (Å²) in [4.78, 5) is 10.4. The molecule has 12 heavy (non-hydrogen) atoms. The number of rotatable bonds is 3. The summed E-state index contributed by atoms with van der Waals surface area (Å²) in [6.45, 7) is 5.37. The van der Waals surface area contributed by atoms with Crippen LogP contribution in [-0.4, -0.2) is 16.1 Å². The molecule has 0 saturated carbocycles. The first kappa shape index (κ1) is 8.46. The van der Waals surface area contributed by atoms with Gasteiger partial charge in [-0.3, -0.25) is 4.79 Å². The molecule has 1 heterocycles. The summed E-state index contributed by atoms with van der Waals surface area (Å²) in [6, 6.07) is 0. The average molecular weight is 162 g/mol. The van der Waals surface area contributed by atoms with E-state index in [4.69, 9.17) is 0 Å². The van der Waals surface area contributed by atoms with Crippen LogP contribution >= 0.6 is 0 Å². The van der Waals surface area contributed by atoms with E-state index in [0.717, 1.165) is 12.0 Å². The maximum atomic E-state index is 10.4. The number of allylic oxidation sites excluding steroid dienone is 2. The van der Waals surface area contributed by atoms with E-state index in [2.05, 4.69) is 11.7 Å². The molecule has 3 nitrogen and oxygen atoms in total. The molecular formula is C9H10N2O. The number of carbonyl (C=O) groups excluding carboxylic acids is 1. The van der Waals surface area contributed by atoms with Crippen LogP contribution in [0.2, 0.25) is 0 Å². The van der Waals surface area contributed by atoms with Crippen LogP contribution in [0.3, 0.4) is 0 Å². The van der Waals surface area contributed by atoms with Gasteiger partial charge in [-0.2, -0.15) is 5.10 Å². The minimum Gasteiger partial charge on any atom is -0.298 e. The first-order valence-electron chi connectivity index (χ1n) is 3.58. The quantitative estimate of drug-likeness (QED) is 0.500. The van der Waals surface area contributed by atoms with Crippen LogP contribution in [0.15, 0.2) is 24.9 Å². The summed E-state index contributed by atoms with van der Waals surface area (Å²) in [5.74, 6) is 0. The van der Waals surface area contributed by atoms with Gasteiger partial charge in [-0.15, -0.1) is 0 Å². The van der Waals surface area contributed by atoms with Crippen molar-refractivity contribution in [2.24, 2.45) is 0 Å². The van der Waals surface area contributed by atoms with E-state index in [-0.39, 0.29) is 0 Å². The Hall–Kier alpha value is -1.64. The van der Waals surface area contributed by atoms with Crippen LogP contribution in [0.5, 0.6) is 0 Å². The van der Waals surface area contributed by atoms with E-state index in [0.29, 0.717) is 5.56 Å². The van der Waals surface area contributed by atoms with Gasteiger partial charge in [-0.25, -0.2) is 4.68 Å². The van der Waals surface area contributed by atoms with Gasteiger partial charge < -0.3 is 0 Å². The highest BCUT2D eigenvalue weighted by molar-refractivity contribution is 5.76. The Morgan fingerprint density at radius 3 is 2.92 bits per heavy atom. The van der Waals surface area contributed by atoms with E-state index < -0.39 is 0 Å². The molecule has 0 radical (unpaired) electrons. The summed E-state index contributed by atoms with van der Waals surface area (Å²) in [7, 11) is 0. The predicted molar refractivity (Wildman–Crippen MR) is 47.9 cm³/mol. The topological polar surface area (TPSA) is 34.9 Å². The van der Waals surface area contributed by atoms with Crippen LogP contribution in [0.1, 0.15) is 16.1 Å². The van der Waals surface area contributed by atoms with Crippen molar-refractivity contribution < 1.29 is 4.79 Å². The van der Waals surface area contributed by atoms with E-state index in [1.54, 1.807) is 23.0 Å². The number of aldehydes is 1. The highest BCUT2D eigenvalue weighted by Crippen LogP contribution is 2.03. The number of carbonyl (C=O) groups is 1. The monoisotopic (exact) mass is 162 g/mol. The van der Waals surface area contributed by atoms with Gasteiger partial charge in [-0.05, 0) is 13.0 Å². The van der Waals surface area contributed by atoms with E-state index in [1.807, 2.05) is 6.92 Å². The molecule has 0 saturated heterocycles. The zero-order chi connectivity index (χ0) is 8.97. The van der Waals surface area contributed by atoms with Gasteiger partial charge in [0.2, 0.25) is 0 Å². The van der Waals surface area contributed by atoms with Crippen LogP contribution in [-0.2, 0) is 0 Å². The summed E-state index contributed by atoms with van der Waals surface area (Å²) in [6.07, 6.45) is 7.49. The zero-order valence-electron chi connectivity index (χ0n) is 6.90. The first-order chi connectivity index (χ1) is 5.79. The second-order valence-electron chi connectivity index (χ2n) is 2.32. The maximum Gasteiger partial charge on any atom is 0.153 e. The van der Waals surface area contributed by atoms with E-state index in [9.17, 15) is 4.79 Å². The predicted octanol–water partition coefficient (Wildman–Crippen LogP) is 1.66. The van der Waals surface area contributed by atoms with Crippen molar-refractivity contribution in [3.63, 3.8) is 0 Å². The van der Waals surface area contributed by atoms with Gasteiger partial charge in [0, 0.05) is 6.20 Å². The second-order valence-corrected chi connectivity index (χ2v) is 2.32. The Bertz CT molecular complexity index is 323. The molecule has 0 fully saturated rings. The van der Waals surface area contributed by atoms with Crippen molar-refractivity contribution >= 4 is 12.5 Å². The Morgan fingerprint density at radius 1 is 1.67 bits per heavy atom. The molecule has 0 aliphatic carbocycles. The fourth-order valence-corrected chi connectivity index (χ4v) is 0.845. The molecule has 62 valence electrons. The van der Waals surface area contributed by atoms with Crippen molar-refractivity contribution in [2.45, 2.75) is 6.92 Å². The van der Waals surface area contributed by atoms with Crippen LogP contribution < -0.4 is 0 Å². The fourth-order valence-electron chi connectivity index (χ4n) is 0.845. The highest BCUT2D eigenvalue weighted by atomic mass is 16.1. The van der Waals surface area contributed by atoms with Crippen molar-refractivity contribution in [3.05, 3.63) is 36.2 Å². The molecule has 1 aromatic heterocycles. The third kappa shape index (κ3) is 1.50. The minimum absolute atomic E-state index is 0.615. The number of hydrogen-bond acceptors (Lipinski definition) is 2. The third-order valence-electron chi connectivity index (χ3n) is 1.57. The van der Waals surface area contributed by atoms with Gasteiger partial charge in [0.1, 0.15) is 0 Å². The first-order valence-corrected chi connectivity index (χ1v) is 3.58. The maximum absolute atomic E-state index is 10.4. The van der Waals surface area contributed by atoms with Crippen molar-refractivity contribution in [2.75, 3.05) is 0 Å². The van der Waals surface area contributed by atoms with Crippen molar-refractivity contribution in [1.82, 2.24) is 9.78 Å². The average Bonchev–Trinajstić information content (AvgIpc) is 2.43. The van der Waals surface area contributed by atoms with Gasteiger partial charge in [0.15, 0.2) is 6.29 Å². The lowest BCUT2D eigenvalue weighted by Crippen LogP contribution is -1.92. The smallest absolute Gasteiger partial charge is 0.153 e. The number of nitrogens with zero attached hydrogens (tertiary/aromatic N) is 2. The van der Waals surface area contributed by atoms with E-state index >= 15 is 0 Å². The van der Waals surface area contributed by atoms with Crippen LogP contribution in [0, 0.1) is 6.92 Å². The Labute approximate surface area is 71.0 Å². The van der Waals surface area contributed by atoms with Crippen LogP contribution in [0.25, 0.3) is 6.20 Å². The fraction of sp³-hybridized carbons (Fsp3) is 0.111. The van der Waals surface area contributed by atoms with Gasteiger partial charge in [0.25, 0.3) is 0 Å². The lowest BCUT2D eigenvalue weighted by molar-refractivity contribution is 0.112. The zero-order valence-corrected chi connectivity index (χ0v) is 6.90. The molecule has 0 aromatic carbocycles. The molecule has 0 amide bonds. The number of hydrogen-bond donors (Lipinski definition) is 0. The van der Waals surface area contributed by atoms with E-state index in [1.165, 1.54) is 6.20 Å². The summed E-state index contributed by atoms with van der Waals surface area (Å²) >= 11 is 0. The summed E-state index contributed by atoms with van der Waals surface area (Å²) < 4.78 is 1.63. The molecule has 1 rings (SSSR count). The molecule has 3 heteroatoms. The molecule has 0 unspecified atom stereocenters. The van der Waals surface area contributed by atoms with Crippen molar-refractivity contribution in [3.8, 4) is 0 Å². The Balaban J connectivity index is 3.01. The highest BCUT2D eigenvalue weighted by Gasteiger charge is 2.00. The molecule has 0 N–H and O–H groups in total. The SMILES string of the molecule is C=C/C=C\n1ncc(C=O)c1C. The van der Waals surface area contributed by atoms with Crippen LogP contribution in [0.4, 0.5) is 0 Å². The molecule has 0 aliphatic heterocycles.